The Bertz CT molecular complexity index is 447. The number of hydrogen-bond donors (Lipinski definition) is 2. The third kappa shape index (κ3) is 3.96. The normalized spacial score (nSPS) is 19.3. The summed E-state index contributed by atoms with van der Waals surface area (Å²) in [4.78, 5) is 21.2. The number of hydrogen-bond acceptors (Lipinski definition) is 5. The lowest BCUT2D eigenvalue weighted by Crippen LogP contribution is -2.41. The molecule has 0 aliphatic carbocycles. The molecule has 0 bridgehead atoms. The summed E-state index contributed by atoms with van der Waals surface area (Å²) < 4.78 is 0. The zero-order chi connectivity index (χ0) is 13.8. The van der Waals surface area contributed by atoms with Gasteiger partial charge >= 0.3 is 0 Å². The first kappa shape index (κ1) is 13.9. The number of piperidine rings is 1. The molecule has 1 unspecified atom stereocenters. The summed E-state index contributed by atoms with van der Waals surface area (Å²) in [5.74, 6) is 1.37. The third-order valence-electron chi connectivity index (χ3n) is 3.18. The largest absolute Gasteiger partial charge is 0.368 e. The number of aromatic nitrogens is 2. The molecule has 0 spiro atoms. The minimum atomic E-state index is 0.00597. The minimum absolute atomic E-state index is 0.00597. The molecule has 0 saturated carbocycles. The lowest BCUT2D eigenvalue weighted by molar-refractivity contribution is -0.119. The van der Waals surface area contributed by atoms with Crippen LogP contribution in [0.1, 0.15) is 19.8 Å². The number of carbonyl (C=O) groups is 1. The molecule has 1 aliphatic rings. The van der Waals surface area contributed by atoms with Crippen LogP contribution in [0.4, 0.5) is 11.8 Å². The van der Waals surface area contributed by atoms with E-state index in [9.17, 15) is 4.79 Å². The van der Waals surface area contributed by atoms with Gasteiger partial charge in [0, 0.05) is 32.6 Å². The SMILES string of the molecule is CC(=O)NCC1CCCN(c2cc(Cl)nc(N)n2)C1. The molecule has 3 N–H and O–H groups in total. The quantitative estimate of drug-likeness (QED) is 0.811. The summed E-state index contributed by atoms with van der Waals surface area (Å²) in [7, 11) is 0. The topological polar surface area (TPSA) is 84.1 Å². The maximum absolute atomic E-state index is 10.9. The average molecular weight is 284 g/mol. The van der Waals surface area contributed by atoms with Crippen molar-refractivity contribution >= 4 is 29.3 Å². The van der Waals surface area contributed by atoms with E-state index in [1.807, 2.05) is 0 Å². The molecule has 104 valence electrons. The van der Waals surface area contributed by atoms with E-state index in [1.165, 1.54) is 6.92 Å². The van der Waals surface area contributed by atoms with E-state index < -0.39 is 0 Å². The van der Waals surface area contributed by atoms with Crippen LogP contribution in [0.2, 0.25) is 5.15 Å². The van der Waals surface area contributed by atoms with Crippen molar-refractivity contribution in [2.75, 3.05) is 30.3 Å². The van der Waals surface area contributed by atoms with Crippen LogP contribution in [0.5, 0.6) is 0 Å². The summed E-state index contributed by atoms with van der Waals surface area (Å²) in [5.41, 5.74) is 5.61. The van der Waals surface area contributed by atoms with Crippen molar-refractivity contribution in [3.8, 4) is 0 Å². The van der Waals surface area contributed by atoms with Crippen molar-refractivity contribution in [1.29, 1.82) is 0 Å². The maximum atomic E-state index is 10.9. The van der Waals surface area contributed by atoms with E-state index in [0.29, 0.717) is 17.6 Å². The van der Waals surface area contributed by atoms with Gasteiger partial charge in [0.15, 0.2) is 0 Å². The Morgan fingerprint density at radius 1 is 1.63 bits per heavy atom. The summed E-state index contributed by atoms with van der Waals surface area (Å²) >= 11 is 5.89. The Hall–Kier alpha value is -1.56. The van der Waals surface area contributed by atoms with Gasteiger partial charge in [0.05, 0.1) is 0 Å². The average Bonchev–Trinajstić information content (AvgIpc) is 2.35. The van der Waals surface area contributed by atoms with Crippen LogP contribution >= 0.6 is 11.6 Å². The molecule has 1 fully saturated rings. The molecule has 1 aliphatic heterocycles. The molecule has 6 nitrogen and oxygen atoms in total. The van der Waals surface area contributed by atoms with Gasteiger partial charge in [-0.2, -0.15) is 4.98 Å². The lowest BCUT2D eigenvalue weighted by atomic mass is 9.98. The number of nitrogens with two attached hydrogens (primary N) is 1. The van der Waals surface area contributed by atoms with Crippen LogP contribution < -0.4 is 16.0 Å². The van der Waals surface area contributed by atoms with Crippen LogP contribution in [-0.4, -0.2) is 35.5 Å². The van der Waals surface area contributed by atoms with Crippen LogP contribution in [0.25, 0.3) is 0 Å². The maximum Gasteiger partial charge on any atom is 0.223 e. The number of nitrogens with one attached hydrogen (secondary N) is 1. The third-order valence-corrected chi connectivity index (χ3v) is 3.37. The fourth-order valence-corrected chi connectivity index (χ4v) is 2.50. The van der Waals surface area contributed by atoms with Gasteiger partial charge < -0.3 is 16.0 Å². The highest BCUT2D eigenvalue weighted by molar-refractivity contribution is 6.29. The zero-order valence-electron chi connectivity index (χ0n) is 10.9. The van der Waals surface area contributed by atoms with Crippen LogP contribution in [0, 0.1) is 5.92 Å². The highest BCUT2D eigenvalue weighted by Crippen LogP contribution is 2.23. The van der Waals surface area contributed by atoms with Gasteiger partial charge in [-0.15, -0.1) is 0 Å². The van der Waals surface area contributed by atoms with Gasteiger partial charge in [-0.25, -0.2) is 4.98 Å². The Kier molecular flexibility index (Phi) is 4.42. The number of nitrogen functional groups attached to an aromatic ring is 1. The smallest absolute Gasteiger partial charge is 0.223 e. The molecule has 19 heavy (non-hydrogen) atoms. The van der Waals surface area contributed by atoms with Crippen molar-refractivity contribution in [2.24, 2.45) is 5.92 Å². The zero-order valence-corrected chi connectivity index (χ0v) is 11.7. The van der Waals surface area contributed by atoms with Crippen molar-refractivity contribution in [2.45, 2.75) is 19.8 Å². The second kappa shape index (κ2) is 6.06. The first-order chi connectivity index (χ1) is 9.04. The van der Waals surface area contributed by atoms with E-state index in [1.54, 1.807) is 6.07 Å². The summed E-state index contributed by atoms with van der Waals surface area (Å²) in [5, 5.41) is 3.21. The number of halogens is 1. The molecule has 1 aromatic rings. The number of amides is 1. The van der Waals surface area contributed by atoms with Crippen molar-refractivity contribution in [3.05, 3.63) is 11.2 Å². The van der Waals surface area contributed by atoms with Gasteiger partial charge in [-0.1, -0.05) is 11.6 Å². The summed E-state index contributed by atoms with van der Waals surface area (Å²) in [6.45, 7) is 3.99. The molecule has 0 aromatic carbocycles. The first-order valence-corrected chi connectivity index (χ1v) is 6.72. The van der Waals surface area contributed by atoms with Crippen LogP contribution in [-0.2, 0) is 4.79 Å². The van der Waals surface area contributed by atoms with Gasteiger partial charge in [0.1, 0.15) is 11.0 Å². The lowest BCUT2D eigenvalue weighted by Gasteiger charge is -2.33. The van der Waals surface area contributed by atoms with Crippen molar-refractivity contribution in [1.82, 2.24) is 15.3 Å². The molecular weight excluding hydrogens is 266 g/mol. The Labute approximate surface area is 117 Å². The molecule has 1 amide bonds. The van der Waals surface area contributed by atoms with E-state index >= 15 is 0 Å². The van der Waals surface area contributed by atoms with Gasteiger partial charge in [-0.3, -0.25) is 4.79 Å². The van der Waals surface area contributed by atoms with Crippen molar-refractivity contribution in [3.63, 3.8) is 0 Å². The highest BCUT2D eigenvalue weighted by Gasteiger charge is 2.21. The van der Waals surface area contributed by atoms with Crippen LogP contribution in [0.15, 0.2) is 6.07 Å². The fourth-order valence-electron chi connectivity index (χ4n) is 2.31. The number of carbonyl (C=O) groups excluding carboxylic acids is 1. The first-order valence-electron chi connectivity index (χ1n) is 6.34. The minimum Gasteiger partial charge on any atom is -0.368 e. The molecule has 0 radical (unpaired) electrons. The predicted molar refractivity (Wildman–Crippen MR) is 75.1 cm³/mol. The van der Waals surface area contributed by atoms with Crippen LogP contribution in [0.3, 0.4) is 0 Å². The summed E-state index contributed by atoms with van der Waals surface area (Å²) in [6, 6.07) is 1.72. The molecule has 1 atom stereocenters. The van der Waals surface area contributed by atoms with Gasteiger partial charge in [0.25, 0.3) is 0 Å². The number of nitrogens with zero attached hydrogens (tertiary/aromatic N) is 3. The predicted octanol–water partition coefficient (Wildman–Crippen LogP) is 1.06. The summed E-state index contributed by atoms with van der Waals surface area (Å²) in [6.07, 6.45) is 2.16. The highest BCUT2D eigenvalue weighted by atomic mass is 35.5. The molecule has 2 heterocycles. The van der Waals surface area contributed by atoms with E-state index in [2.05, 4.69) is 20.2 Å². The molecular formula is C12H18ClN5O. The Balaban J connectivity index is 2.02. The second-order valence-electron chi connectivity index (χ2n) is 4.80. The Morgan fingerprint density at radius 2 is 2.42 bits per heavy atom. The monoisotopic (exact) mass is 283 g/mol. The fraction of sp³-hybridized carbons (Fsp3) is 0.583. The number of rotatable bonds is 3. The Morgan fingerprint density at radius 3 is 3.11 bits per heavy atom. The number of anilines is 2. The second-order valence-corrected chi connectivity index (χ2v) is 5.19. The molecule has 2 rings (SSSR count). The van der Waals surface area contributed by atoms with E-state index in [4.69, 9.17) is 17.3 Å². The molecule has 1 aromatic heterocycles. The van der Waals surface area contributed by atoms with Crippen molar-refractivity contribution < 1.29 is 4.79 Å². The van der Waals surface area contributed by atoms with Gasteiger partial charge in [-0.05, 0) is 18.8 Å². The molecule has 7 heteroatoms. The molecule has 1 saturated heterocycles. The van der Waals surface area contributed by atoms with E-state index in [0.717, 1.165) is 31.7 Å². The van der Waals surface area contributed by atoms with E-state index in [-0.39, 0.29) is 11.9 Å². The van der Waals surface area contributed by atoms with Gasteiger partial charge in [0.2, 0.25) is 11.9 Å². The standard InChI is InChI=1S/C12H18ClN5O/c1-8(19)15-6-9-3-2-4-18(7-9)11-5-10(13)16-12(14)17-11/h5,9H,2-4,6-7H2,1H3,(H,15,19)(H2,14,16,17).